The minimum Gasteiger partial charge on any atom is -0.383 e. The van der Waals surface area contributed by atoms with Crippen LogP contribution in [0, 0.1) is 0 Å². The van der Waals surface area contributed by atoms with Crippen LogP contribution < -0.4 is 5.32 Å². The van der Waals surface area contributed by atoms with Gasteiger partial charge in [0.25, 0.3) is 0 Å². The van der Waals surface area contributed by atoms with Crippen LogP contribution >= 0.6 is 22.9 Å². The Morgan fingerprint density at radius 2 is 1.84 bits per heavy atom. The maximum absolute atomic E-state index is 5.89. The second-order valence-electron chi connectivity index (χ2n) is 4.21. The first-order valence-electron chi connectivity index (χ1n) is 6.41. The quantitative estimate of drug-likeness (QED) is 0.635. The SMILES string of the molecule is COCCN(CCNCc1ccc(Cl)s1)CCOC. The summed E-state index contributed by atoms with van der Waals surface area (Å²) in [5.41, 5.74) is 0. The molecule has 0 aromatic carbocycles. The van der Waals surface area contributed by atoms with E-state index in [2.05, 4.69) is 16.3 Å². The number of hydrogen-bond donors (Lipinski definition) is 1. The highest BCUT2D eigenvalue weighted by molar-refractivity contribution is 7.16. The van der Waals surface area contributed by atoms with Crippen LogP contribution in [0.25, 0.3) is 0 Å². The van der Waals surface area contributed by atoms with Crippen LogP contribution in [-0.2, 0) is 16.0 Å². The Morgan fingerprint density at radius 3 is 2.37 bits per heavy atom. The van der Waals surface area contributed by atoms with Crippen LogP contribution in [0.3, 0.4) is 0 Å². The Bertz CT molecular complexity index is 328. The zero-order valence-corrected chi connectivity index (χ0v) is 13.2. The fourth-order valence-electron chi connectivity index (χ4n) is 1.67. The van der Waals surface area contributed by atoms with E-state index in [4.69, 9.17) is 21.1 Å². The molecule has 1 N–H and O–H groups in total. The lowest BCUT2D eigenvalue weighted by Crippen LogP contribution is -2.36. The molecule has 0 spiro atoms. The van der Waals surface area contributed by atoms with E-state index >= 15 is 0 Å². The summed E-state index contributed by atoms with van der Waals surface area (Å²) in [5, 5.41) is 3.43. The predicted molar refractivity (Wildman–Crippen MR) is 81.2 cm³/mol. The Hall–Kier alpha value is -0.170. The van der Waals surface area contributed by atoms with Gasteiger partial charge in [-0.2, -0.15) is 0 Å². The summed E-state index contributed by atoms with van der Waals surface area (Å²) in [6.45, 7) is 6.20. The van der Waals surface area contributed by atoms with E-state index in [1.54, 1.807) is 25.6 Å². The lowest BCUT2D eigenvalue weighted by molar-refractivity contribution is 0.114. The van der Waals surface area contributed by atoms with E-state index in [0.29, 0.717) is 0 Å². The Labute approximate surface area is 124 Å². The first-order valence-corrected chi connectivity index (χ1v) is 7.61. The van der Waals surface area contributed by atoms with Gasteiger partial charge in [0.05, 0.1) is 17.6 Å². The first-order chi connectivity index (χ1) is 9.26. The van der Waals surface area contributed by atoms with Crippen molar-refractivity contribution in [2.75, 3.05) is 53.6 Å². The zero-order chi connectivity index (χ0) is 13.9. The summed E-state index contributed by atoms with van der Waals surface area (Å²) in [5.74, 6) is 0. The molecule has 0 saturated carbocycles. The predicted octanol–water partition coefficient (Wildman–Crippen LogP) is 2.09. The minimum atomic E-state index is 0.754. The van der Waals surface area contributed by atoms with Gasteiger partial charge < -0.3 is 14.8 Å². The lowest BCUT2D eigenvalue weighted by Gasteiger charge is -2.21. The van der Waals surface area contributed by atoms with Gasteiger partial charge in [-0.25, -0.2) is 0 Å². The van der Waals surface area contributed by atoms with Crippen molar-refractivity contribution in [2.45, 2.75) is 6.54 Å². The van der Waals surface area contributed by atoms with E-state index in [-0.39, 0.29) is 0 Å². The fourth-order valence-corrected chi connectivity index (χ4v) is 2.73. The highest BCUT2D eigenvalue weighted by Gasteiger charge is 2.04. The van der Waals surface area contributed by atoms with Gasteiger partial charge in [0, 0.05) is 51.8 Å². The third kappa shape index (κ3) is 7.87. The van der Waals surface area contributed by atoms with Crippen molar-refractivity contribution in [3.8, 4) is 0 Å². The van der Waals surface area contributed by atoms with Gasteiger partial charge in [-0.05, 0) is 12.1 Å². The molecule has 0 fully saturated rings. The Balaban J connectivity index is 2.15. The van der Waals surface area contributed by atoms with Crippen molar-refractivity contribution in [3.63, 3.8) is 0 Å². The van der Waals surface area contributed by atoms with Crippen LogP contribution in [0.2, 0.25) is 4.34 Å². The smallest absolute Gasteiger partial charge is 0.0931 e. The number of nitrogens with one attached hydrogen (secondary N) is 1. The largest absolute Gasteiger partial charge is 0.383 e. The first kappa shape index (κ1) is 16.9. The minimum absolute atomic E-state index is 0.754. The average molecular weight is 307 g/mol. The molecule has 6 heteroatoms. The standard InChI is InChI=1S/C13H23ClN2O2S/c1-17-9-7-16(8-10-18-2)6-5-15-11-12-3-4-13(14)19-12/h3-4,15H,5-11H2,1-2H3. The number of halogens is 1. The molecular formula is C13H23ClN2O2S. The van der Waals surface area contributed by atoms with Crippen LogP contribution in [0.15, 0.2) is 12.1 Å². The number of methoxy groups -OCH3 is 2. The van der Waals surface area contributed by atoms with E-state index in [1.165, 1.54) is 4.88 Å². The molecule has 1 aromatic rings. The monoisotopic (exact) mass is 306 g/mol. The van der Waals surface area contributed by atoms with E-state index in [1.807, 2.05) is 6.07 Å². The molecule has 19 heavy (non-hydrogen) atoms. The number of hydrogen-bond acceptors (Lipinski definition) is 5. The second-order valence-corrected chi connectivity index (χ2v) is 6.01. The van der Waals surface area contributed by atoms with Crippen molar-refractivity contribution in [1.29, 1.82) is 0 Å². The van der Waals surface area contributed by atoms with Crippen LogP contribution in [0.4, 0.5) is 0 Å². The van der Waals surface area contributed by atoms with Gasteiger partial charge in [0.2, 0.25) is 0 Å². The van der Waals surface area contributed by atoms with Crippen molar-refractivity contribution in [1.82, 2.24) is 10.2 Å². The Kier molecular flexibility index (Phi) is 9.42. The topological polar surface area (TPSA) is 33.7 Å². The molecule has 0 aliphatic carbocycles. The molecule has 0 atom stereocenters. The molecule has 0 bridgehead atoms. The number of rotatable bonds is 11. The summed E-state index contributed by atoms with van der Waals surface area (Å²) in [6, 6.07) is 4.00. The molecule has 0 aliphatic rings. The van der Waals surface area contributed by atoms with Gasteiger partial charge in [-0.3, -0.25) is 4.90 Å². The van der Waals surface area contributed by atoms with Gasteiger partial charge in [0.15, 0.2) is 0 Å². The maximum atomic E-state index is 5.89. The summed E-state index contributed by atoms with van der Waals surface area (Å²) in [6.07, 6.45) is 0. The molecule has 1 rings (SSSR count). The maximum Gasteiger partial charge on any atom is 0.0931 e. The third-order valence-electron chi connectivity index (χ3n) is 2.76. The molecule has 1 aromatic heterocycles. The van der Waals surface area contributed by atoms with Crippen molar-refractivity contribution in [3.05, 3.63) is 21.3 Å². The van der Waals surface area contributed by atoms with E-state index in [9.17, 15) is 0 Å². The summed E-state index contributed by atoms with van der Waals surface area (Å²) >= 11 is 7.52. The molecule has 0 aliphatic heterocycles. The molecule has 0 radical (unpaired) electrons. The summed E-state index contributed by atoms with van der Waals surface area (Å²) < 4.78 is 11.1. The van der Waals surface area contributed by atoms with Crippen LogP contribution in [0.1, 0.15) is 4.88 Å². The number of nitrogens with zero attached hydrogens (tertiary/aromatic N) is 1. The van der Waals surface area contributed by atoms with Crippen molar-refractivity contribution >= 4 is 22.9 Å². The molecule has 0 unspecified atom stereocenters. The fraction of sp³-hybridized carbons (Fsp3) is 0.692. The van der Waals surface area contributed by atoms with Crippen molar-refractivity contribution < 1.29 is 9.47 Å². The number of ether oxygens (including phenoxy) is 2. The van der Waals surface area contributed by atoms with Crippen molar-refractivity contribution in [2.24, 2.45) is 0 Å². The van der Waals surface area contributed by atoms with Gasteiger partial charge in [0.1, 0.15) is 0 Å². The highest BCUT2D eigenvalue weighted by Crippen LogP contribution is 2.20. The highest BCUT2D eigenvalue weighted by atomic mass is 35.5. The van der Waals surface area contributed by atoms with Crippen LogP contribution in [-0.4, -0.2) is 58.5 Å². The van der Waals surface area contributed by atoms with Gasteiger partial charge in [-0.1, -0.05) is 11.6 Å². The summed E-state index contributed by atoms with van der Waals surface area (Å²) in [7, 11) is 3.46. The molecule has 110 valence electrons. The number of thiophene rings is 1. The molecule has 1 heterocycles. The molecule has 0 amide bonds. The lowest BCUT2D eigenvalue weighted by atomic mass is 10.4. The second kappa shape index (κ2) is 10.6. The van der Waals surface area contributed by atoms with Crippen LogP contribution in [0.5, 0.6) is 0 Å². The zero-order valence-electron chi connectivity index (χ0n) is 11.7. The average Bonchev–Trinajstić information content (AvgIpc) is 2.82. The van der Waals surface area contributed by atoms with E-state index in [0.717, 1.165) is 50.3 Å². The van der Waals surface area contributed by atoms with E-state index < -0.39 is 0 Å². The molecule has 4 nitrogen and oxygen atoms in total. The summed E-state index contributed by atoms with van der Waals surface area (Å²) in [4.78, 5) is 3.60. The Morgan fingerprint density at radius 1 is 1.16 bits per heavy atom. The molecule has 0 saturated heterocycles. The van der Waals surface area contributed by atoms with Gasteiger partial charge >= 0.3 is 0 Å². The third-order valence-corrected chi connectivity index (χ3v) is 3.99. The normalized spacial score (nSPS) is 11.4. The molecular weight excluding hydrogens is 284 g/mol. The van der Waals surface area contributed by atoms with Gasteiger partial charge in [-0.15, -0.1) is 11.3 Å².